The van der Waals surface area contributed by atoms with E-state index >= 15 is 0 Å². The molecule has 1 fully saturated rings. The van der Waals surface area contributed by atoms with Gasteiger partial charge >= 0.3 is 0 Å². The van der Waals surface area contributed by atoms with Gasteiger partial charge in [0.25, 0.3) is 0 Å². The molecule has 8 nitrogen and oxygen atoms in total. The first-order chi connectivity index (χ1) is 13.4. The van der Waals surface area contributed by atoms with E-state index in [0.29, 0.717) is 23.6 Å². The van der Waals surface area contributed by atoms with Crippen molar-refractivity contribution >= 4 is 25.3 Å². The van der Waals surface area contributed by atoms with E-state index in [2.05, 4.69) is 54.9 Å². The summed E-state index contributed by atoms with van der Waals surface area (Å²) < 4.78 is 21.0. The van der Waals surface area contributed by atoms with Gasteiger partial charge in [0, 0.05) is 0 Å². The fourth-order valence-corrected chi connectivity index (χ4v) is 4.63. The Balaban J connectivity index is 1.67. The number of hydrogen-bond donors (Lipinski definition) is 1. The van der Waals surface area contributed by atoms with E-state index in [0.717, 1.165) is 5.57 Å². The average Bonchev–Trinajstić information content (AvgIpc) is 3.24. The lowest BCUT2D eigenvalue weighted by Crippen LogP contribution is -2.41. The Labute approximate surface area is 172 Å². The first-order valence-corrected chi connectivity index (χ1v) is 12.9. The predicted molar refractivity (Wildman–Crippen MR) is 114 cm³/mol. The second-order valence-corrected chi connectivity index (χ2v) is 14.7. The number of nitrogen functional groups attached to an aromatic ring is 1. The molecule has 3 atom stereocenters. The number of aromatic nitrogens is 4. The van der Waals surface area contributed by atoms with Gasteiger partial charge in [-0.05, 0) is 37.6 Å². The monoisotopic (exact) mass is 417 g/mol. The quantitative estimate of drug-likeness (QED) is 0.601. The van der Waals surface area contributed by atoms with Gasteiger partial charge in [0.2, 0.25) is 0 Å². The normalized spacial score (nSPS) is 26.7. The van der Waals surface area contributed by atoms with Crippen LogP contribution in [0.4, 0.5) is 5.82 Å². The van der Waals surface area contributed by atoms with Crippen molar-refractivity contribution in [3.63, 3.8) is 0 Å². The van der Waals surface area contributed by atoms with Crippen molar-refractivity contribution in [3.8, 4) is 0 Å². The molecule has 0 bridgehead atoms. The van der Waals surface area contributed by atoms with Gasteiger partial charge in [-0.3, -0.25) is 0 Å². The van der Waals surface area contributed by atoms with Crippen molar-refractivity contribution in [1.29, 1.82) is 0 Å². The molecule has 2 N–H and O–H groups in total. The number of fused-ring (bicyclic) bond motifs is 2. The molecule has 0 saturated carbocycles. The smallest absolute Gasteiger partial charge is 0.192 e. The van der Waals surface area contributed by atoms with Crippen LogP contribution in [0.3, 0.4) is 0 Å². The maximum Gasteiger partial charge on any atom is 0.192 e. The van der Waals surface area contributed by atoms with Gasteiger partial charge < -0.3 is 24.2 Å². The second-order valence-electron chi connectivity index (χ2n) is 9.88. The Morgan fingerprint density at radius 1 is 1.21 bits per heavy atom. The molecular formula is C20H31N5O3Si. The molecule has 0 radical (unpaired) electrons. The SMILES string of the molecule is CC1(C)O[C@@H]2[C@H](O1)C(CO[Si](C)(C)C(C)(C)C)=C[C@@H]2n1cnc2c(N)ncnc21. The van der Waals surface area contributed by atoms with Gasteiger partial charge in [0.15, 0.2) is 25.6 Å². The fourth-order valence-electron chi connectivity index (χ4n) is 3.67. The van der Waals surface area contributed by atoms with E-state index < -0.39 is 14.1 Å². The van der Waals surface area contributed by atoms with Crippen LogP contribution in [-0.2, 0) is 13.9 Å². The Hall–Kier alpha value is -1.81. The van der Waals surface area contributed by atoms with Crippen LogP contribution in [0.25, 0.3) is 11.2 Å². The minimum atomic E-state index is -1.88. The van der Waals surface area contributed by atoms with Crippen molar-refractivity contribution < 1.29 is 13.9 Å². The third-order valence-electron chi connectivity index (χ3n) is 6.33. The lowest BCUT2D eigenvalue weighted by molar-refractivity contribution is -0.148. The molecule has 1 aliphatic heterocycles. The number of imidazole rings is 1. The van der Waals surface area contributed by atoms with Crippen LogP contribution in [0.15, 0.2) is 24.3 Å². The number of anilines is 1. The maximum absolute atomic E-state index is 6.49. The number of hydrogen-bond acceptors (Lipinski definition) is 7. The van der Waals surface area contributed by atoms with Crippen LogP contribution < -0.4 is 5.73 Å². The molecule has 2 aliphatic rings. The molecule has 2 aromatic rings. The van der Waals surface area contributed by atoms with Crippen LogP contribution in [0.5, 0.6) is 0 Å². The van der Waals surface area contributed by atoms with Crippen molar-refractivity contribution in [2.24, 2.45) is 0 Å². The standard InChI is InChI=1S/C20H31N5O3Si/c1-19(2,3)29(6,7)26-9-12-8-13(16-15(12)27-20(4,5)28-16)25-11-24-14-17(21)22-10-23-18(14)25/h8,10-11,13,15-16H,9H2,1-7H3,(H2,21,22,23)/t13-,15+,16-/m0/s1. The average molecular weight is 418 g/mol. The van der Waals surface area contributed by atoms with Gasteiger partial charge in [-0.1, -0.05) is 26.8 Å². The van der Waals surface area contributed by atoms with Gasteiger partial charge in [-0.2, -0.15) is 0 Å². The van der Waals surface area contributed by atoms with E-state index in [-0.39, 0.29) is 23.3 Å². The topological polar surface area (TPSA) is 97.3 Å². The molecule has 1 aliphatic carbocycles. The van der Waals surface area contributed by atoms with Crippen LogP contribution in [-0.4, -0.2) is 52.4 Å². The first-order valence-electron chi connectivity index (χ1n) is 10.0. The summed E-state index contributed by atoms with van der Waals surface area (Å²) in [7, 11) is -1.88. The molecule has 29 heavy (non-hydrogen) atoms. The molecular weight excluding hydrogens is 386 g/mol. The fraction of sp³-hybridized carbons (Fsp3) is 0.650. The second kappa shape index (κ2) is 6.60. The van der Waals surface area contributed by atoms with Crippen LogP contribution >= 0.6 is 0 Å². The summed E-state index contributed by atoms with van der Waals surface area (Å²) in [5.41, 5.74) is 8.37. The zero-order chi connectivity index (χ0) is 21.2. The Bertz CT molecular complexity index is 963. The molecule has 0 amide bonds. The van der Waals surface area contributed by atoms with Crippen molar-refractivity contribution in [2.75, 3.05) is 12.3 Å². The third kappa shape index (κ3) is 3.50. The molecule has 158 valence electrons. The molecule has 9 heteroatoms. The summed E-state index contributed by atoms with van der Waals surface area (Å²) >= 11 is 0. The lowest BCUT2D eigenvalue weighted by Gasteiger charge is -2.36. The minimum Gasteiger partial charge on any atom is -0.413 e. The van der Waals surface area contributed by atoms with Gasteiger partial charge in [-0.25, -0.2) is 15.0 Å². The summed E-state index contributed by atoms with van der Waals surface area (Å²) in [5.74, 6) is -0.285. The number of rotatable bonds is 4. The van der Waals surface area contributed by atoms with E-state index in [1.54, 1.807) is 6.33 Å². The Morgan fingerprint density at radius 3 is 2.62 bits per heavy atom. The van der Waals surface area contributed by atoms with E-state index in [4.69, 9.17) is 19.6 Å². The largest absolute Gasteiger partial charge is 0.413 e. The van der Waals surface area contributed by atoms with E-state index in [1.165, 1.54) is 6.33 Å². The summed E-state index contributed by atoms with van der Waals surface area (Å²) in [5, 5.41) is 0.145. The zero-order valence-electron chi connectivity index (χ0n) is 18.3. The van der Waals surface area contributed by atoms with Crippen molar-refractivity contribution in [2.45, 2.75) is 76.8 Å². The van der Waals surface area contributed by atoms with Crippen molar-refractivity contribution in [1.82, 2.24) is 19.5 Å². The summed E-state index contributed by atoms with van der Waals surface area (Å²) in [6, 6.07) is -0.0981. The predicted octanol–water partition coefficient (Wildman–Crippen LogP) is 3.43. The number of ether oxygens (including phenoxy) is 2. The highest BCUT2D eigenvalue weighted by Crippen LogP contribution is 2.45. The molecule has 2 aromatic heterocycles. The summed E-state index contributed by atoms with van der Waals surface area (Å²) in [6.45, 7) is 15.7. The highest BCUT2D eigenvalue weighted by Gasteiger charge is 2.51. The summed E-state index contributed by atoms with van der Waals surface area (Å²) in [4.78, 5) is 12.9. The van der Waals surface area contributed by atoms with Crippen molar-refractivity contribution in [3.05, 3.63) is 24.3 Å². The van der Waals surface area contributed by atoms with E-state index in [9.17, 15) is 0 Å². The minimum absolute atomic E-state index is 0.0981. The van der Waals surface area contributed by atoms with Gasteiger partial charge in [-0.15, -0.1) is 0 Å². The molecule has 0 unspecified atom stereocenters. The Morgan fingerprint density at radius 2 is 1.93 bits per heavy atom. The zero-order valence-corrected chi connectivity index (χ0v) is 19.3. The molecule has 4 rings (SSSR count). The lowest BCUT2D eigenvalue weighted by atomic mass is 10.1. The highest BCUT2D eigenvalue weighted by atomic mass is 28.4. The molecule has 1 saturated heterocycles. The molecule has 0 aromatic carbocycles. The highest BCUT2D eigenvalue weighted by molar-refractivity contribution is 6.74. The molecule has 0 spiro atoms. The first kappa shape index (κ1) is 20.5. The van der Waals surface area contributed by atoms with Crippen LogP contribution in [0, 0.1) is 0 Å². The van der Waals surface area contributed by atoms with E-state index in [1.807, 2.05) is 18.4 Å². The third-order valence-corrected chi connectivity index (χ3v) is 10.8. The maximum atomic E-state index is 6.49. The number of nitrogens with zero attached hydrogens (tertiary/aromatic N) is 4. The summed E-state index contributed by atoms with van der Waals surface area (Å²) in [6.07, 6.45) is 5.06. The van der Waals surface area contributed by atoms with Crippen LogP contribution in [0.2, 0.25) is 18.1 Å². The molecule has 3 heterocycles. The van der Waals surface area contributed by atoms with Crippen LogP contribution in [0.1, 0.15) is 40.7 Å². The Kier molecular flexibility index (Phi) is 4.65. The van der Waals surface area contributed by atoms with Gasteiger partial charge in [0.1, 0.15) is 24.1 Å². The van der Waals surface area contributed by atoms with Gasteiger partial charge in [0.05, 0.1) is 19.0 Å². The number of nitrogens with two attached hydrogens (primary N) is 1.